The van der Waals surface area contributed by atoms with Gasteiger partial charge in [0.2, 0.25) is 0 Å². The molecule has 0 aliphatic carbocycles. The molecule has 5 aromatic rings. The van der Waals surface area contributed by atoms with Gasteiger partial charge in [0.15, 0.2) is 17.4 Å². The van der Waals surface area contributed by atoms with E-state index in [0.717, 1.165) is 22.2 Å². The number of hydrogen-bond acceptors (Lipinski definition) is 7. The van der Waals surface area contributed by atoms with Gasteiger partial charge in [-0.3, -0.25) is 9.67 Å². The van der Waals surface area contributed by atoms with Crippen molar-refractivity contribution >= 4 is 22.4 Å². The molecule has 0 aliphatic heterocycles. The largest absolute Gasteiger partial charge is 0.491 e. The smallest absolute Gasteiger partial charge is 0.183 e. The number of nitriles is 1. The Hall–Kier alpha value is -4.77. The fraction of sp³-hybridized carbons (Fsp3) is 0.0800. The van der Waals surface area contributed by atoms with Crippen molar-refractivity contribution in [1.82, 2.24) is 24.7 Å². The summed E-state index contributed by atoms with van der Waals surface area (Å²) in [7, 11) is 1.58. The summed E-state index contributed by atoms with van der Waals surface area (Å²) < 4.78 is 7.37. The summed E-state index contributed by atoms with van der Waals surface area (Å²) in [4.78, 5) is 13.3. The Morgan fingerprint density at radius 1 is 1.03 bits per heavy atom. The van der Waals surface area contributed by atoms with E-state index in [1.54, 1.807) is 25.7 Å². The summed E-state index contributed by atoms with van der Waals surface area (Å²) in [6.07, 6.45) is 5.05. The predicted molar refractivity (Wildman–Crippen MR) is 125 cm³/mol. The molecule has 0 bridgehead atoms. The van der Waals surface area contributed by atoms with E-state index in [4.69, 9.17) is 20.1 Å². The number of nitrogens with one attached hydrogen (secondary N) is 1. The second-order valence-corrected chi connectivity index (χ2v) is 7.30. The standard InChI is InChI=1S/C25H19N7O/c1-33-22-15-28-25(30-24(22)29-19-10-12-27-13-11-19)23-20-4-2-3-5-21(20)32(31-23)16-18-8-6-17(14-26)7-9-18/h2-13,15H,16H2,1H3,(H,27,28,29,30). The van der Waals surface area contributed by atoms with Crippen molar-refractivity contribution in [2.75, 3.05) is 12.4 Å². The minimum Gasteiger partial charge on any atom is -0.491 e. The van der Waals surface area contributed by atoms with Crippen LogP contribution in [0.15, 0.2) is 79.3 Å². The van der Waals surface area contributed by atoms with Gasteiger partial charge in [-0.05, 0) is 35.9 Å². The third kappa shape index (κ3) is 4.07. The van der Waals surface area contributed by atoms with Crippen LogP contribution in [0.1, 0.15) is 11.1 Å². The van der Waals surface area contributed by atoms with Crippen LogP contribution < -0.4 is 10.1 Å². The van der Waals surface area contributed by atoms with Crippen molar-refractivity contribution in [1.29, 1.82) is 5.26 Å². The number of nitrogens with zero attached hydrogens (tertiary/aromatic N) is 6. The van der Waals surface area contributed by atoms with E-state index in [1.807, 2.05) is 65.3 Å². The summed E-state index contributed by atoms with van der Waals surface area (Å²) in [5, 5.41) is 18.1. The van der Waals surface area contributed by atoms with Crippen LogP contribution in [0.4, 0.5) is 11.5 Å². The number of methoxy groups -OCH3 is 1. The number of anilines is 2. The van der Waals surface area contributed by atoms with Crippen LogP contribution in [0.25, 0.3) is 22.4 Å². The van der Waals surface area contributed by atoms with Gasteiger partial charge in [0.25, 0.3) is 0 Å². The molecule has 0 unspecified atom stereocenters. The fourth-order valence-corrected chi connectivity index (χ4v) is 3.57. The van der Waals surface area contributed by atoms with Crippen molar-refractivity contribution in [2.24, 2.45) is 0 Å². The lowest BCUT2D eigenvalue weighted by Gasteiger charge is -2.10. The molecule has 2 aromatic carbocycles. The maximum Gasteiger partial charge on any atom is 0.183 e. The maximum atomic E-state index is 9.04. The average Bonchev–Trinajstić information content (AvgIpc) is 3.23. The quantitative estimate of drug-likeness (QED) is 0.419. The SMILES string of the molecule is COc1cnc(-c2nn(Cc3ccc(C#N)cc3)c3ccccc23)nc1Nc1ccncc1. The highest BCUT2D eigenvalue weighted by Crippen LogP contribution is 2.30. The van der Waals surface area contributed by atoms with Gasteiger partial charge in [0.1, 0.15) is 5.69 Å². The maximum absolute atomic E-state index is 9.04. The molecular formula is C25H19N7O. The Morgan fingerprint density at radius 2 is 1.82 bits per heavy atom. The van der Waals surface area contributed by atoms with Crippen molar-refractivity contribution in [3.05, 3.63) is 90.4 Å². The summed E-state index contributed by atoms with van der Waals surface area (Å²) in [6, 6.07) is 21.3. The molecule has 0 atom stereocenters. The average molecular weight is 433 g/mol. The lowest BCUT2D eigenvalue weighted by Crippen LogP contribution is -2.03. The van der Waals surface area contributed by atoms with Crippen molar-refractivity contribution in [3.63, 3.8) is 0 Å². The normalized spacial score (nSPS) is 10.7. The molecule has 0 aliphatic rings. The third-order valence-corrected chi connectivity index (χ3v) is 5.20. The highest BCUT2D eigenvalue weighted by atomic mass is 16.5. The number of benzene rings is 2. The zero-order chi connectivity index (χ0) is 22.6. The molecule has 0 saturated carbocycles. The van der Waals surface area contributed by atoms with Crippen LogP contribution >= 0.6 is 0 Å². The van der Waals surface area contributed by atoms with Gasteiger partial charge in [-0.25, -0.2) is 9.97 Å². The zero-order valence-corrected chi connectivity index (χ0v) is 17.8. The van der Waals surface area contributed by atoms with Crippen LogP contribution in [0.5, 0.6) is 5.75 Å². The first-order valence-electron chi connectivity index (χ1n) is 10.3. The van der Waals surface area contributed by atoms with Gasteiger partial charge in [-0.15, -0.1) is 0 Å². The molecule has 8 nitrogen and oxygen atoms in total. The highest BCUT2D eigenvalue weighted by molar-refractivity contribution is 5.92. The topological polar surface area (TPSA) is 102 Å². The number of fused-ring (bicyclic) bond motifs is 1. The number of rotatable bonds is 6. The number of hydrogen-bond donors (Lipinski definition) is 1. The van der Waals surface area contributed by atoms with Gasteiger partial charge in [-0.2, -0.15) is 10.4 Å². The molecule has 3 heterocycles. The van der Waals surface area contributed by atoms with E-state index in [9.17, 15) is 0 Å². The fourth-order valence-electron chi connectivity index (χ4n) is 3.57. The summed E-state index contributed by atoms with van der Waals surface area (Å²) in [5.41, 5.74) is 4.17. The van der Waals surface area contributed by atoms with E-state index in [0.29, 0.717) is 35.2 Å². The van der Waals surface area contributed by atoms with Crippen LogP contribution in [0, 0.1) is 11.3 Å². The number of para-hydroxylation sites is 1. The second-order valence-electron chi connectivity index (χ2n) is 7.30. The van der Waals surface area contributed by atoms with Crippen LogP contribution in [0.2, 0.25) is 0 Å². The zero-order valence-electron chi connectivity index (χ0n) is 17.8. The Labute approximate surface area is 190 Å². The Morgan fingerprint density at radius 3 is 2.58 bits per heavy atom. The van der Waals surface area contributed by atoms with Crippen molar-refractivity contribution < 1.29 is 4.74 Å². The van der Waals surface area contributed by atoms with Crippen LogP contribution in [-0.2, 0) is 6.54 Å². The van der Waals surface area contributed by atoms with E-state index < -0.39 is 0 Å². The van der Waals surface area contributed by atoms with Crippen LogP contribution in [-0.4, -0.2) is 31.8 Å². The first-order valence-corrected chi connectivity index (χ1v) is 10.3. The molecule has 0 spiro atoms. The van der Waals surface area contributed by atoms with Gasteiger partial charge < -0.3 is 10.1 Å². The Bertz CT molecular complexity index is 1450. The molecule has 5 rings (SSSR count). The lowest BCUT2D eigenvalue weighted by atomic mass is 10.1. The van der Waals surface area contributed by atoms with Crippen molar-refractivity contribution in [3.8, 4) is 23.3 Å². The number of aromatic nitrogens is 5. The molecule has 1 N–H and O–H groups in total. The molecule has 3 aromatic heterocycles. The van der Waals surface area contributed by atoms with E-state index in [-0.39, 0.29) is 0 Å². The molecular weight excluding hydrogens is 414 g/mol. The van der Waals surface area contributed by atoms with Gasteiger partial charge in [0.05, 0.1) is 37.0 Å². The molecule has 0 amide bonds. The van der Waals surface area contributed by atoms with Crippen LogP contribution in [0.3, 0.4) is 0 Å². The predicted octanol–water partition coefficient (Wildman–Crippen LogP) is 4.56. The molecule has 8 heteroatoms. The van der Waals surface area contributed by atoms with Crippen molar-refractivity contribution in [2.45, 2.75) is 6.54 Å². The second kappa shape index (κ2) is 8.77. The number of pyridine rings is 1. The van der Waals surface area contributed by atoms with Gasteiger partial charge >= 0.3 is 0 Å². The molecule has 0 radical (unpaired) electrons. The third-order valence-electron chi connectivity index (χ3n) is 5.20. The van der Waals surface area contributed by atoms with E-state index in [2.05, 4.69) is 21.4 Å². The minimum absolute atomic E-state index is 0.488. The van der Waals surface area contributed by atoms with E-state index in [1.165, 1.54) is 0 Å². The minimum atomic E-state index is 0.488. The molecule has 33 heavy (non-hydrogen) atoms. The van der Waals surface area contributed by atoms with E-state index >= 15 is 0 Å². The molecule has 0 fully saturated rings. The molecule has 0 saturated heterocycles. The summed E-state index contributed by atoms with van der Waals surface area (Å²) in [5.74, 6) is 1.55. The summed E-state index contributed by atoms with van der Waals surface area (Å²) in [6.45, 7) is 0.560. The summed E-state index contributed by atoms with van der Waals surface area (Å²) >= 11 is 0. The van der Waals surface area contributed by atoms with Gasteiger partial charge in [0, 0.05) is 23.5 Å². The Kier molecular flexibility index (Phi) is 5.35. The Balaban J connectivity index is 1.56. The first-order chi connectivity index (χ1) is 16.2. The monoisotopic (exact) mass is 433 g/mol. The number of ether oxygens (including phenoxy) is 1. The van der Waals surface area contributed by atoms with Gasteiger partial charge in [-0.1, -0.05) is 30.3 Å². The highest BCUT2D eigenvalue weighted by Gasteiger charge is 2.17. The first kappa shape index (κ1) is 20.2. The molecule has 160 valence electrons. The lowest BCUT2D eigenvalue weighted by molar-refractivity contribution is 0.413.